The predicted octanol–water partition coefficient (Wildman–Crippen LogP) is 0.934. The number of ether oxygens (including phenoxy) is 1. The van der Waals surface area contributed by atoms with Crippen molar-refractivity contribution in [3.8, 4) is 0 Å². The van der Waals surface area contributed by atoms with Crippen LogP contribution in [0.25, 0.3) is 11.2 Å². The van der Waals surface area contributed by atoms with Crippen molar-refractivity contribution in [2.75, 3.05) is 40.4 Å². The molecule has 0 bridgehead atoms. The first-order chi connectivity index (χ1) is 9.70. The summed E-state index contributed by atoms with van der Waals surface area (Å²) in [7, 11) is 3.84. The van der Waals surface area contributed by atoms with Crippen LogP contribution in [0.3, 0.4) is 0 Å². The maximum atomic E-state index is 5.00. The Bertz CT molecular complexity index is 539. The third-order valence-corrected chi connectivity index (χ3v) is 3.19. The molecular formula is C14H23N5O. The van der Waals surface area contributed by atoms with Gasteiger partial charge in [0, 0.05) is 39.5 Å². The van der Waals surface area contributed by atoms with Crippen LogP contribution in [-0.2, 0) is 11.3 Å². The number of methoxy groups -OCH3 is 1. The van der Waals surface area contributed by atoms with Gasteiger partial charge in [0.05, 0.1) is 12.1 Å². The highest BCUT2D eigenvalue weighted by atomic mass is 16.5. The fourth-order valence-corrected chi connectivity index (χ4v) is 2.15. The van der Waals surface area contributed by atoms with Crippen LogP contribution >= 0.6 is 0 Å². The van der Waals surface area contributed by atoms with Crippen molar-refractivity contribution in [1.82, 2.24) is 25.2 Å². The Morgan fingerprint density at radius 2 is 2.25 bits per heavy atom. The number of likely N-dealkylation sites (N-methyl/N-ethyl adjacent to an activating group) is 1. The first kappa shape index (κ1) is 14.9. The molecule has 0 spiro atoms. The van der Waals surface area contributed by atoms with Crippen LogP contribution in [0, 0.1) is 6.92 Å². The Labute approximate surface area is 119 Å². The molecule has 110 valence electrons. The minimum atomic E-state index is 0.752. The van der Waals surface area contributed by atoms with E-state index in [0.29, 0.717) is 0 Å². The summed E-state index contributed by atoms with van der Waals surface area (Å²) in [5.74, 6) is 0.906. The summed E-state index contributed by atoms with van der Waals surface area (Å²) in [5.41, 5.74) is 3.07. The van der Waals surface area contributed by atoms with Gasteiger partial charge in [-0.25, -0.2) is 9.97 Å². The van der Waals surface area contributed by atoms with Crippen LogP contribution in [0.2, 0.25) is 0 Å². The first-order valence-corrected chi connectivity index (χ1v) is 6.89. The molecule has 2 aromatic rings. The normalized spacial score (nSPS) is 11.6. The zero-order valence-electron chi connectivity index (χ0n) is 12.4. The van der Waals surface area contributed by atoms with Gasteiger partial charge in [-0.15, -0.1) is 0 Å². The molecule has 0 aliphatic heterocycles. The number of aryl methyl sites for hydroxylation is 1. The number of imidazole rings is 1. The van der Waals surface area contributed by atoms with Crippen molar-refractivity contribution in [2.45, 2.75) is 13.5 Å². The van der Waals surface area contributed by atoms with Crippen molar-refractivity contribution in [3.05, 3.63) is 23.7 Å². The van der Waals surface area contributed by atoms with Crippen molar-refractivity contribution in [3.63, 3.8) is 0 Å². The third kappa shape index (κ3) is 4.00. The van der Waals surface area contributed by atoms with E-state index < -0.39 is 0 Å². The van der Waals surface area contributed by atoms with Gasteiger partial charge in [-0.1, -0.05) is 0 Å². The topological polar surface area (TPSA) is 66.1 Å². The zero-order chi connectivity index (χ0) is 14.4. The van der Waals surface area contributed by atoms with Crippen molar-refractivity contribution in [2.24, 2.45) is 0 Å². The standard InChI is InChI=1S/C14H23N5O/c1-11-17-13-12(4-5-16-14(13)18-11)10-19(2)8-6-15-7-9-20-3/h4-5,15H,6-10H2,1-3H3,(H,16,17,18). The molecule has 6 nitrogen and oxygen atoms in total. The molecular weight excluding hydrogens is 254 g/mol. The zero-order valence-corrected chi connectivity index (χ0v) is 12.4. The van der Waals surface area contributed by atoms with Crippen LogP contribution in [0.4, 0.5) is 0 Å². The molecule has 0 amide bonds. The minimum Gasteiger partial charge on any atom is -0.383 e. The lowest BCUT2D eigenvalue weighted by Gasteiger charge is -2.17. The Morgan fingerprint density at radius 3 is 3.05 bits per heavy atom. The molecule has 0 atom stereocenters. The summed E-state index contributed by atoms with van der Waals surface area (Å²) < 4.78 is 5.00. The van der Waals surface area contributed by atoms with Crippen molar-refractivity contribution < 1.29 is 4.74 Å². The lowest BCUT2D eigenvalue weighted by molar-refractivity contribution is 0.197. The molecule has 0 aromatic carbocycles. The molecule has 2 aromatic heterocycles. The predicted molar refractivity (Wildman–Crippen MR) is 79.7 cm³/mol. The highest BCUT2D eigenvalue weighted by molar-refractivity contribution is 5.74. The summed E-state index contributed by atoms with van der Waals surface area (Å²) in [5, 5.41) is 3.35. The lowest BCUT2D eigenvalue weighted by atomic mass is 10.2. The SMILES string of the molecule is COCCNCCN(C)Cc1ccnc2nc(C)[nH]c12. The molecule has 0 saturated heterocycles. The van der Waals surface area contributed by atoms with E-state index >= 15 is 0 Å². The van der Waals surface area contributed by atoms with Crippen LogP contribution in [0.15, 0.2) is 12.3 Å². The third-order valence-electron chi connectivity index (χ3n) is 3.19. The molecule has 2 N–H and O–H groups in total. The quantitative estimate of drug-likeness (QED) is 0.703. The van der Waals surface area contributed by atoms with Gasteiger partial charge in [0.1, 0.15) is 5.82 Å². The number of H-pyrrole nitrogens is 1. The van der Waals surface area contributed by atoms with E-state index in [0.717, 1.165) is 49.8 Å². The number of nitrogens with zero attached hydrogens (tertiary/aromatic N) is 3. The molecule has 0 fully saturated rings. The molecule has 0 aliphatic rings. The number of hydrogen-bond donors (Lipinski definition) is 2. The summed E-state index contributed by atoms with van der Waals surface area (Å²) in [6.45, 7) is 6.42. The fourth-order valence-electron chi connectivity index (χ4n) is 2.15. The molecule has 0 radical (unpaired) electrons. The Kier molecular flexibility index (Phi) is 5.46. The molecule has 0 unspecified atom stereocenters. The second kappa shape index (κ2) is 7.33. The van der Waals surface area contributed by atoms with Gasteiger partial charge in [-0.2, -0.15) is 0 Å². The van der Waals surface area contributed by atoms with E-state index in [2.05, 4.69) is 38.3 Å². The average Bonchev–Trinajstić information content (AvgIpc) is 2.80. The fraction of sp³-hybridized carbons (Fsp3) is 0.571. The highest BCUT2D eigenvalue weighted by Crippen LogP contribution is 2.15. The maximum absolute atomic E-state index is 5.00. The van der Waals surface area contributed by atoms with Crippen molar-refractivity contribution >= 4 is 11.2 Å². The van der Waals surface area contributed by atoms with Gasteiger partial charge in [-0.3, -0.25) is 0 Å². The second-order valence-corrected chi connectivity index (χ2v) is 4.97. The number of aromatic nitrogens is 3. The first-order valence-electron chi connectivity index (χ1n) is 6.89. The molecule has 20 heavy (non-hydrogen) atoms. The van der Waals surface area contributed by atoms with Crippen molar-refractivity contribution in [1.29, 1.82) is 0 Å². The van der Waals surface area contributed by atoms with E-state index in [1.807, 2.05) is 13.1 Å². The van der Waals surface area contributed by atoms with Crippen LogP contribution < -0.4 is 5.32 Å². The van der Waals surface area contributed by atoms with E-state index in [1.165, 1.54) is 5.56 Å². The summed E-state index contributed by atoms with van der Waals surface area (Å²) in [6.07, 6.45) is 1.82. The Morgan fingerprint density at radius 1 is 1.40 bits per heavy atom. The lowest BCUT2D eigenvalue weighted by Crippen LogP contribution is -2.30. The maximum Gasteiger partial charge on any atom is 0.177 e. The van der Waals surface area contributed by atoms with Gasteiger partial charge < -0.3 is 19.9 Å². The van der Waals surface area contributed by atoms with E-state index in [1.54, 1.807) is 7.11 Å². The number of aromatic amines is 1. The number of nitrogens with one attached hydrogen (secondary N) is 2. The minimum absolute atomic E-state index is 0.752. The largest absolute Gasteiger partial charge is 0.383 e. The number of hydrogen-bond acceptors (Lipinski definition) is 5. The van der Waals surface area contributed by atoms with Crippen LogP contribution in [0.5, 0.6) is 0 Å². The number of pyridine rings is 1. The summed E-state index contributed by atoms with van der Waals surface area (Å²) in [4.78, 5) is 14.2. The summed E-state index contributed by atoms with van der Waals surface area (Å²) in [6, 6.07) is 2.05. The molecule has 2 rings (SSSR count). The molecule has 2 heterocycles. The van der Waals surface area contributed by atoms with Crippen LogP contribution in [0.1, 0.15) is 11.4 Å². The van der Waals surface area contributed by atoms with E-state index in [-0.39, 0.29) is 0 Å². The molecule has 0 aliphatic carbocycles. The van der Waals surface area contributed by atoms with Gasteiger partial charge in [-0.05, 0) is 25.6 Å². The van der Waals surface area contributed by atoms with Gasteiger partial charge in [0.15, 0.2) is 5.65 Å². The summed E-state index contributed by atoms with van der Waals surface area (Å²) >= 11 is 0. The Balaban J connectivity index is 1.88. The smallest absolute Gasteiger partial charge is 0.177 e. The number of rotatable bonds is 8. The van der Waals surface area contributed by atoms with E-state index in [9.17, 15) is 0 Å². The van der Waals surface area contributed by atoms with Gasteiger partial charge in [0.2, 0.25) is 0 Å². The van der Waals surface area contributed by atoms with Gasteiger partial charge >= 0.3 is 0 Å². The Hall–Kier alpha value is -1.50. The monoisotopic (exact) mass is 277 g/mol. The highest BCUT2D eigenvalue weighted by Gasteiger charge is 2.08. The number of fused-ring (bicyclic) bond motifs is 1. The molecule has 0 saturated carbocycles. The van der Waals surface area contributed by atoms with Gasteiger partial charge in [0.25, 0.3) is 0 Å². The van der Waals surface area contributed by atoms with E-state index in [4.69, 9.17) is 4.74 Å². The average molecular weight is 277 g/mol. The molecule has 6 heteroatoms. The van der Waals surface area contributed by atoms with Crippen LogP contribution in [-0.4, -0.2) is 60.3 Å². The second-order valence-electron chi connectivity index (χ2n) is 4.97.